The first-order valence-corrected chi connectivity index (χ1v) is 8.60. The fourth-order valence-corrected chi connectivity index (χ4v) is 2.78. The predicted octanol–water partition coefficient (Wildman–Crippen LogP) is 5.65. The van der Waals surface area contributed by atoms with Crippen LogP contribution < -0.4 is 4.74 Å². The van der Waals surface area contributed by atoms with Gasteiger partial charge in [-0.3, -0.25) is 0 Å². The van der Waals surface area contributed by atoms with Crippen LogP contribution in [0.2, 0.25) is 5.02 Å². The van der Waals surface area contributed by atoms with Gasteiger partial charge in [0.1, 0.15) is 11.4 Å². The van der Waals surface area contributed by atoms with Crippen molar-refractivity contribution in [1.82, 2.24) is 9.88 Å². The topological polar surface area (TPSA) is 25.4 Å². The van der Waals surface area contributed by atoms with Crippen LogP contribution in [-0.2, 0) is 0 Å². The molecule has 3 nitrogen and oxygen atoms in total. The van der Waals surface area contributed by atoms with Crippen molar-refractivity contribution in [1.29, 1.82) is 0 Å². The Balaban J connectivity index is 0.00000109. The lowest BCUT2D eigenvalue weighted by molar-refractivity contribution is 0.412. The number of pyridine rings is 1. The summed E-state index contributed by atoms with van der Waals surface area (Å²) in [7, 11) is 3.56. The molecule has 0 N–H and O–H groups in total. The van der Waals surface area contributed by atoms with Gasteiger partial charge < -0.3 is 9.64 Å². The smallest absolute Gasteiger partial charge is 0.138 e. The number of likely N-dealkylation sites (N-methyl/N-ethyl adjacent to an activating group) is 1. The van der Waals surface area contributed by atoms with Crippen molar-refractivity contribution in [3.63, 3.8) is 0 Å². The summed E-state index contributed by atoms with van der Waals surface area (Å²) in [5.41, 5.74) is 4.68. The van der Waals surface area contributed by atoms with Crippen LogP contribution in [0.1, 0.15) is 25.1 Å². The maximum absolute atomic E-state index is 6.45. The number of nitrogens with zero attached hydrogens (tertiary/aromatic N) is 2. The van der Waals surface area contributed by atoms with E-state index >= 15 is 0 Å². The first kappa shape index (κ1) is 18.8. The molecular weight excluding hydrogens is 332 g/mol. The molecule has 2 heterocycles. The minimum atomic E-state index is 0.544. The molecule has 0 atom stereocenters. The molecule has 1 aliphatic heterocycles. The molecule has 0 saturated heterocycles. The summed E-state index contributed by atoms with van der Waals surface area (Å²) in [6, 6.07) is 11.9. The van der Waals surface area contributed by atoms with Crippen molar-refractivity contribution >= 4 is 22.9 Å². The molecule has 0 bridgehead atoms. The normalized spacial score (nSPS) is 13.5. The number of ether oxygens (including phenoxy) is 1. The Labute approximate surface area is 154 Å². The van der Waals surface area contributed by atoms with E-state index in [1.807, 2.05) is 50.1 Å². The van der Waals surface area contributed by atoms with Gasteiger partial charge in [-0.1, -0.05) is 68.4 Å². The minimum Gasteiger partial charge on any atom is -0.495 e. The van der Waals surface area contributed by atoms with Crippen molar-refractivity contribution < 1.29 is 4.74 Å². The summed E-state index contributed by atoms with van der Waals surface area (Å²) in [6.07, 6.45) is 5.71. The molecule has 0 radical (unpaired) electrons. The van der Waals surface area contributed by atoms with Crippen LogP contribution in [0.3, 0.4) is 0 Å². The SMILES string of the molecule is C=C1C=CC(c2ccccc2)=C(c2ncc(OC)cc2Cl)N1C.CC. The highest BCUT2D eigenvalue weighted by Gasteiger charge is 2.22. The Morgan fingerprint density at radius 2 is 1.80 bits per heavy atom. The van der Waals surface area contributed by atoms with E-state index in [4.69, 9.17) is 16.3 Å². The van der Waals surface area contributed by atoms with Crippen LogP contribution in [-0.4, -0.2) is 24.0 Å². The second kappa shape index (κ2) is 8.54. The Kier molecular flexibility index (Phi) is 6.43. The van der Waals surface area contributed by atoms with Gasteiger partial charge in [0.25, 0.3) is 0 Å². The first-order chi connectivity index (χ1) is 12.1. The molecule has 3 rings (SSSR count). The lowest BCUT2D eigenvalue weighted by Crippen LogP contribution is -2.19. The van der Waals surface area contributed by atoms with Crippen molar-refractivity contribution in [3.8, 4) is 5.75 Å². The van der Waals surface area contributed by atoms with E-state index in [1.165, 1.54) is 0 Å². The number of methoxy groups -OCH3 is 1. The van der Waals surface area contributed by atoms with Gasteiger partial charge in [-0.2, -0.15) is 0 Å². The molecule has 4 heteroatoms. The van der Waals surface area contributed by atoms with E-state index in [1.54, 1.807) is 19.4 Å². The zero-order valence-corrected chi connectivity index (χ0v) is 15.8. The zero-order chi connectivity index (χ0) is 18.4. The quantitative estimate of drug-likeness (QED) is 0.711. The highest BCUT2D eigenvalue weighted by molar-refractivity contribution is 6.32. The summed E-state index contributed by atoms with van der Waals surface area (Å²) in [5, 5.41) is 0.544. The Hall–Kier alpha value is -2.52. The summed E-state index contributed by atoms with van der Waals surface area (Å²) in [6.45, 7) is 8.07. The molecule has 1 aliphatic rings. The number of rotatable bonds is 3. The van der Waals surface area contributed by atoms with Crippen molar-refractivity contribution in [2.45, 2.75) is 13.8 Å². The standard InChI is InChI=1S/C19H17ClN2O.C2H6/c1-13-9-10-16(14-7-5-4-6-8-14)19(22(13)2)18-17(20)11-15(23-3)12-21-18;1-2/h4-12H,1H2,2-3H3;1-2H3. The van der Waals surface area contributed by atoms with E-state index < -0.39 is 0 Å². The van der Waals surface area contributed by atoms with Crippen molar-refractivity contribution in [3.05, 3.63) is 83.3 Å². The third-order valence-corrected chi connectivity index (χ3v) is 4.11. The van der Waals surface area contributed by atoms with E-state index in [2.05, 4.69) is 29.8 Å². The van der Waals surface area contributed by atoms with Crippen LogP contribution in [0.15, 0.2) is 67.0 Å². The summed E-state index contributed by atoms with van der Waals surface area (Å²) in [5.74, 6) is 0.633. The number of benzene rings is 1. The summed E-state index contributed by atoms with van der Waals surface area (Å²) in [4.78, 5) is 6.50. The average molecular weight is 355 g/mol. The predicted molar refractivity (Wildman–Crippen MR) is 106 cm³/mol. The van der Waals surface area contributed by atoms with Gasteiger partial charge in [0, 0.05) is 24.4 Å². The molecule has 0 saturated carbocycles. The number of allylic oxidation sites excluding steroid dienone is 3. The molecule has 0 unspecified atom stereocenters. The molecule has 1 aromatic heterocycles. The Morgan fingerprint density at radius 1 is 1.12 bits per heavy atom. The van der Waals surface area contributed by atoms with Gasteiger partial charge in [-0.25, -0.2) is 4.98 Å². The molecule has 130 valence electrons. The van der Waals surface area contributed by atoms with Gasteiger partial charge in [0.15, 0.2) is 0 Å². The Bertz CT molecular complexity index is 810. The lowest BCUT2D eigenvalue weighted by Gasteiger charge is -2.29. The molecule has 0 fully saturated rings. The average Bonchev–Trinajstić information content (AvgIpc) is 2.66. The largest absolute Gasteiger partial charge is 0.495 e. The fraction of sp³-hybridized carbons (Fsp3) is 0.190. The molecule has 1 aromatic carbocycles. The molecule has 0 spiro atoms. The molecule has 0 amide bonds. The maximum Gasteiger partial charge on any atom is 0.138 e. The molecule has 2 aromatic rings. The minimum absolute atomic E-state index is 0.544. The van der Waals surface area contributed by atoms with Gasteiger partial charge in [-0.15, -0.1) is 0 Å². The summed E-state index contributed by atoms with van der Waals surface area (Å²) < 4.78 is 5.19. The molecule has 0 aliphatic carbocycles. The van der Waals surface area contributed by atoms with Crippen LogP contribution in [0, 0.1) is 0 Å². The lowest BCUT2D eigenvalue weighted by atomic mass is 9.97. The number of hydrogen-bond donors (Lipinski definition) is 0. The highest BCUT2D eigenvalue weighted by atomic mass is 35.5. The zero-order valence-electron chi connectivity index (χ0n) is 15.1. The number of aromatic nitrogens is 1. The first-order valence-electron chi connectivity index (χ1n) is 8.22. The van der Waals surface area contributed by atoms with Gasteiger partial charge in [0.2, 0.25) is 0 Å². The van der Waals surface area contributed by atoms with Crippen LogP contribution in [0.4, 0.5) is 0 Å². The van der Waals surface area contributed by atoms with Crippen molar-refractivity contribution in [2.75, 3.05) is 14.2 Å². The second-order valence-electron chi connectivity index (χ2n) is 5.22. The van der Waals surface area contributed by atoms with Gasteiger partial charge in [-0.05, 0) is 11.6 Å². The van der Waals surface area contributed by atoms with E-state index in [0.717, 1.165) is 22.5 Å². The maximum atomic E-state index is 6.45. The van der Waals surface area contributed by atoms with E-state index in [-0.39, 0.29) is 0 Å². The van der Waals surface area contributed by atoms with Crippen LogP contribution >= 0.6 is 11.6 Å². The second-order valence-corrected chi connectivity index (χ2v) is 5.62. The molecular formula is C21H23ClN2O. The van der Waals surface area contributed by atoms with Crippen LogP contribution in [0.25, 0.3) is 11.3 Å². The van der Waals surface area contributed by atoms with Crippen LogP contribution in [0.5, 0.6) is 5.75 Å². The monoisotopic (exact) mass is 354 g/mol. The van der Waals surface area contributed by atoms with Crippen molar-refractivity contribution in [2.24, 2.45) is 0 Å². The highest BCUT2D eigenvalue weighted by Crippen LogP contribution is 2.37. The molecule has 25 heavy (non-hydrogen) atoms. The Morgan fingerprint density at radius 3 is 2.40 bits per heavy atom. The third-order valence-electron chi connectivity index (χ3n) is 3.82. The summed E-state index contributed by atoms with van der Waals surface area (Å²) >= 11 is 6.45. The fourth-order valence-electron chi connectivity index (χ4n) is 2.54. The number of halogens is 1. The van der Waals surface area contributed by atoms with E-state index in [0.29, 0.717) is 16.5 Å². The van der Waals surface area contributed by atoms with E-state index in [9.17, 15) is 0 Å². The third kappa shape index (κ3) is 3.94. The number of hydrogen-bond acceptors (Lipinski definition) is 3. The van der Waals surface area contributed by atoms with Gasteiger partial charge in [0.05, 0.1) is 24.0 Å². The van der Waals surface area contributed by atoms with Gasteiger partial charge >= 0.3 is 0 Å².